The number of rotatable bonds is 4. The molecule has 2 aromatic rings. The van der Waals surface area contributed by atoms with E-state index in [4.69, 9.17) is 23.7 Å². The van der Waals surface area contributed by atoms with Crippen molar-refractivity contribution in [3.8, 4) is 28.7 Å². The number of hydrogen-bond acceptors (Lipinski definition) is 6. The lowest BCUT2D eigenvalue weighted by Crippen LogP contribution is -2.10. The standard InChI is InChI=1S/C16H13BrO6/c1-19-9-3-5-10(6-4-9)23-16(18)11-7-12(20-2)14-15(13(11)17)22-8-21-14/h3-7H,8H2,1-2H3. The lowest BCUT2D eigenvalue weighted by atomic mass is 10.2. The Morgan fingerprint density at radius 3 is 2.35 bits per heavy atom. The zero-order valence-electron chi connectivity index (χ0n) is 12.4. The molecule has 120 valence electrons. The normalized spacial score (nSPS) is 12.0. The predicted octanol–water partition coefficient (Wildman–Crippen LogP) is 3.41. The molecule has 1 heterocycles. The molecule has 2 aromatic carbocycles. The summed E-state index contributed by atoms with van der Waals surface area (Å²) in [5, 5.41) is 0. The fourth-order valence-corrected chi connectivity index (χ4v) is 2.68. The summed E-state index contributed by atoms with van der Waals surface area (Å²) >= 11 is 3.35. The van der Waals surface area contributed by atoms with Gasteiger partial charge in [0.1, 0.15) is 11.5 Å². The first-order chi connectivity index (χ1) is 11.1. The van der Waals surface area contributed by atoms with Crippen molar-refractivity contribution in [2.75, 3.05) is 21.0 Å². The summed E-state index contributed by atoms with van der Waals surface area (Å²) in [7, 11) is 3.06. The number of ether oxygens (including phenoxy) is 5. The van der Waals surface area contributed by atoms with Crippen LogP contribution in [-0.4, -0.2) is 27.0 Å². The number of benzene rings is 2. The highest BCUT2D eigenvalue weighted by Crippen LogP contribution is 2.47. The van der Waals surface area contributed by atoms with Gasteiger partial charge < -0.3 is 23.7 Å². The van der Waals surface area contributed by atoms with Crippen LogP contribution in [0.4, 0.5) is 0 Å². The van der Waals surface area contributed by atoms with E-state index in [2.05, 4.69) is 15.9 Å². The molecule has 0 aliphatic carbocycles. The van der Waals surface area contributed by atoms with Gasteiger partial charge in [0.25, 0.3) is 0 Å². The molecule has 0 N–H and O–H groups in total. The highest BCUT2D eigenvalue weighted by atomic mass is 79.9. The Balaban J connectivity index is 1.90. The number of esters is 1. The highest BCUT2D eigenvalue weighted by molar-refractivity contribution is 9.10. The smallest absolute Gasteiger partial charge is 0.344 e. The summed E-state index contributed by atoms with van der Waals surface area (Å²) in [6.45, 7) is 0.0707. The zero-order valence-corrected chi connectivity index (χ0v) is 14.0. The number of halogens is 1. The van der Waals surface area contributed by atoms with Crippen LogP contribution in [0, 0.1) is 0 Å². The monoisotopic (exact) mass is 380 g/mol. The summed E-state index contributed by atoms with van der Waals surface area (Å²) in [6.07, 6.45) is 0. The Kier molecular flexibility index (Phi) is 4.29. The Morgan fingerprint density at radius 1 is 1.04 bits per heavy atom. The van der Waals surface area contributed by atoms with Gasteiger partial charge in [-0.25, -0.2) is 4.79 Å². The van der Waals surface area contributed by atoms with Crippen molar-refractivity contribution in [2.24, 2.45) is 0 Å². The van der Waals surface area contributed by atoms with Gasteiger partial charge in [-0.15, -0.1) is 0 Å². The first kappa shape index (κ1) is 15.5. The van der Waals surface area contributed by atoms with Gasteiger partial charge in [0.05, 0.1) is 24.3 Å². The molecule has 6 nitrogen and oxygen atoms in total. The average Bonchev–Trinajstić information content (AvgIpc) is 3.06. The number of fused-ring (bicyclic) bond motifs is 1. The van der Waals surface area contributed by atoms with E-state index in [1.807, 2.05) is 0 Å². The van der Waals surface area contributed by atoms with Gasteiger partial charge in [0, 0.05) is 0 Å². The van der Waals surface area contributed by atoms with Gasteiger partial charge in [0.2, 0.25) is 12.5 Å². The van der Waals surface area contributed by atoms with Crippen molar-refractivity contribution in [3.05, 3.63) is 40.4 Å². The van der Waals surface area contributed by atoms with E-state index in [1.165, 1.54) is 7.11 Å². The second kappa shape index (κ2) is 6.37. The molecule has 0 fully saturated rings. The van der Waals surface area contributed by atoms with Crippen LogP contribution in [-0.2, 0) is 0 Å². The molecule has 0 atom stereocenters. The molecule has 0 saturated carbocycles. The van der Waals surface area contributed by atoms with E-state index in [9.17, 15) is 4.79 Å². The first-order valence-electron chi connectivity index (χ1n) is 6.66. The number of methoxy groups -OCH3 is 2. The highest BCUT2D eigenvalue weighted by Gasteiger charge is 2.28. The van der Waals surface area contributed by atoms with Gasteiger partial charge >= 0.3 is 5.97 Å². The van der Waals surface area contributed by atoms with Crippen molar-refractivity contribution in [2.45, 2.75) is 0 Å². The van der Waals surface area contributed by atoms with Crippen LogP contribution >= 0.6 is 15.9 Å². The predicted molar refractivity (Wildman–Crippen MR) is 84.8 cm³/mol. The molecule has 7 heteroatoms. The van der Waals surface area contributed by atoms with Crippen molar-refractivity contribution in [1.82, 2.24) is 0 Å². The lowest BCUT2D eigenvalue weighted by molar-refractivity contribution is 0.0732. The molecule has 0 unspecified atom stereocenters. The van der Waals surface area contributed by atoms with E-state index < -0.39 is 5.97 Å². The SMILES string of the molecule is COc1ccc(OC(=O)c2cc(OC)c3c(c2Br)OCO3)cc1. The van der Waals surface area contributed by atoms with Gasteiger partial charge in [-0.1, -0.05) is 0 Å². The third-order valence-corrected chi connectivity index (χ3v) is 4.04. The Hall–Kier alpha value is -2.41. The maximum atomic E-state index is 12.4. The maximum absolute atomic E-state index is 12.4. The summed E-state index contributed by atoms with van der Waals surface area (Å²) in [6, 6.07) is 8.25. The molecule has 0 saturated heterocycles. The van der Waals surface area contributed by atoms with Gasteiger partial charge in [-0.2, -0.15) is 0 Å². The minimum absolute atomic E-state index is 0.0707. The summed E-state index contributed by atoms with van der Waals surface area (Å²) in [4.78, 5) is 12.4. The van der Waals surface area contributed by atoms with Crippen LogP contribution in [0.1, 0.15) is 10.4 Å². The Morgan fingerprint density at radius 2 is 1.70 bits per heavy atom. The second-order valence-electron chi connectivity index (χ2n) is 4.57. The first-order valence-corrected chi connectivity index (χ1v) is 7.45. The van der Waals surface area contributed by atoms with E-state index in [-0.39, 0.29) is 12.4 Å². The molecule has 1 aliphatic rings. The Labute approximate surface area is 141 Å². The third-order valence-electron chi connectivity index (χ3n) is 3.26. The van der Waals surface area contributed by atoms with Gasteiger partial charge in [-0.05, 0) is 46.3 Å². The van der Waals surface area contributed by atoms with Crippen molar-refractivity contribution in [1.29, 1.82) is 0 Å². The van der Waals surface area contributed by atoms with Crippen LogP contribution in [0.25, 0.3) is 0 Å². The van der Waals surface area contributed by atoms with Crippen molar-refractivity contribution in [3.63, 3.8) is 0 Å². The fraction of sp³-hybridized carbons (Fsp3) is 0.188. The number of hydrogen-bond donors (Lipinski definition) is 0. The molecule has 23 heavy (non-hydrogen) atoms. The fourth-order valence-electron chi connectivity index (χ4n) is 2.11. The molecular formula is C16H13BrO6. The average molecular weight is 381 g/mol. The van der Waals surface area contributed by atoms with Crippen LogP contribution in [0.15, 0.2) is 34.8 Å². The maximum Gasteiger partial charge on any atom is 0.344 e. The number of carbonyl (C=O) groups is 1. The molecular weight excluding hydrogens is 368 g/mol. The molecule has 0 spiro atoms. The largest absolute Gasteiger partial charge is 0.497 e. The molecule has 0 bridgehead atoms. The van der Waals surface area contributed by atoms with Crippen LogP contribution < -0.4 is 23.7 Å². The summed E-state index contributed by atoms with van der Waals surface area (Å²) in [5.74, 6) is 1.82. The molecule has 1 aliphatic heterocycles. The van der Waals surface area contributed by atoms with Crippen LogP contribution in [0.3, 0.4) is 0 Å². The number of carbonyl (C=O) groups excluding carboxylic acids is 1. The van der Waals surface area contributed by atoms with Crippen LogP contribution in [0.5, 0.6) is 28.7 Å². The minimum atomic E-state index is -0.543. The third kappa shape index (κ3) is 2.92. The van der Waals surface area contributed by atoms with Crippen LogP contribution in [0.2, 0.25) is 0 Å². The molecule has 0 aromatic heterocycles. The topological polar surface area (TPSA) is 63.2 Å². The quantitative estimate of drug-likeness (QED) is 0.598. The molecule has 0 amide bonds. The van der Waals surface area contributed by atoms with E-state index in [0.717, 1.165) is 0 Å². The van der Waals surface area contributed by atoms with Gasteiger partial charge in [0.15, 0.2) is 11.5 Å². The minimum Gasteiger partial charge on any atom is -0.497 e. The zero-order chi connectivity index (χ0) is 16.4. The van der Waals surface area contributed by atoms with E-state index in [0.29, 0.717) is 33.2 Å². The second-order valence-corrected chi connectivity index (χ2v) is 5.36. The summed E-state index contributed by atoms with van der Waals surface area (Å²) < 4.78 is 26.8. The van der Waals surface area contributed by atoms with Gasteiger partial charge in [-0.3, -0.25) is 0 Å². The van der Waals surface area contributed by atoms with E-state index in [1.54, 1.807) is 37.4 Å². The molecule has 3 rings (SSSR count). The Bertz CT molecular complexity index is 741. The lowest BCUT2D eigenvalue weighted by Gasteiger charge is -2.11. The molecule has 0 radical (unpaired) electrons. The van der Waals surface area contributed by atoms with Crippen molar-refractivity contribution >= 4 is 21.9 Å². The van der Waals surface area contributed by atoms with Crippen molar-refractivity contribution < 1.29 is 28.5 Å². The van der Waals surface area contributed by atoms with E-state index >= 15 is 0 Å². The summed E-state index contributed by atoms with van der Waals surface area (Å²) in [5.41, 5.74) is 0.280.